The first-order chi connectivity index (χ1) is 17.2. The molecule has 0 amide bonds. The monoisotopic (exact) mass is 488 g/mol. The predicted octanol–water partition coefficient (Wildman–Crippen LogP) is 9.62. The molecule has 196 valence electrons. The van der Waals surface area contributed by atoms with Gasteiger partial charge in [0, 0.05) is 12.4 Å². The number of hydrogen-bond acceptors (Lipinski definition) is 3. The number of hydrogen-bond donors (Lipinski definition) is 0. The fraction of sp³-hybridized carbons (Fsp3) is 0.667. The molecule has 0 aliphatic rings. The molecule has 2 rings (SSSR count). The number of ether oxygens (including phenoxy) is 1. The minimum absolute atomic E-state index is 0.0412. The third-order valence-corrected chi connectivity index (χ3v) is 6.57. The molecule has 0 bridgehead atoms. The van der Waals surface area contributed by atoms with Gasteiger partial charge in [0.15, 0.2) is 17.4 Å². The molecule has 1 aromatic heterocycles. The van der Waals surface area contributed by atoms with E-state index in [-0.39, 0.29) is 17.1 Å². The largest absolute Gasteiger partial charge is 0.490 e. The van der Waals surface area contributed by atoms with E-state index in [1.807, 2.05) is 0 Å². The van der Waals surface area contributed by atoms with Crippen LogP contribution in [0.3, 0.4) is 0 Å². The van der Waals surface area contributed by atoms with Gasteiger partial charge in [0.1, 0.15) is 0 Å². The molecule has 0 saturated heterocycles. The number of halogens is 2. The Bertz CT molecular complexity index is 811. The maximum absolute atomic E-state index is 14.7. The third-order valence-electron chi connectivity index (χ3n) is 6.57. The van der Waals surface area contributed by atoms with Crippen LogP contribution >= 0.6 is 0 Å². The van der Waals surface area contributed by atoms with Crippen molar-refractivity contribution in [2.75, 3.05) is 6.61 Å². The number of aryl methyl sites for hydroxylation is 1. The van der Waals surface area contributed by atoms with Gasteiger partial charge < -0.3 is 4.74 Å². The smallest absolute Gasteiger partial charge is 0.201 e. The van der Waals surface area contributed by atoms with Crippen LogP contribution in [-0.4, -0.2) is 16.6 Å². The minimum atomic E-state index is -0.964. The van der Waals surface area contributed by atoms with E-state index in [0.29, 0.717) is 6.61 Å². The first-order valence-corrected chi connectivity index (χ1v) is 14.1. The molecule has 0 unspecified atom stereocenters. The van der Waals surface area contributed by atoms with Crippen LogP contribution in [0.15, 0.2) is 24.5 Å². The van der Waals surface area contributed by atoms with Crippen LogP contribution in [0.4, 0.5) is 8.78 Å². The maximum atomic E-state index is 14.7. The first-order valence-electron chi connectivity index (χ1n) is 14.1. The van der Waals surface area contributed by atoms with Crippen molar-refractivity contribution in [3.8, 4) is 17.1 Å². The highest BCUT2D eigenvalue weighted by atomic mass is 19.2. The van der Waals surface area contributed by atoms with Gasteiger partial charge in [0.25, 0.3) is 0 Å². The second kappa shape index (κ2) is 18.3. The summed E-state index contributed by atoms with van der Waals surface area (Å²) in [5.74, 6) is -1.75. The molecule has 0 aliphatic carbocycles. The van der Waals surface area contributed by atoms with Gasteiger partial charge in [-0.15, -0.1) is 0 Å². The lowest BCUT2D eigenvalue weighted by Gasteiger charge is -2.10. The van der Waals surface area contributed by atoms with E-state index in [2.05, 4.69) is 23.8 Å². The van der Waals surface area contributed by atoms with Gasteiger partial charge >= 0.3 is 0 Å². The topological polar surface area (TPSA) is 35.0 Å². The molecule has 35 heavy (non-hydrogen) atoms. The van der Waals surface area contributed by atoms with E-state index < -0.39 is 11.6 Å². The third kappa shape index (κ3) is 11.5. The summed E-state index contributed by atoms with van der Waals surface area (Å²) in [7, 11) is 0. The molecule has 5 heteroatoms. The maximum Gasteiger partial charge on any atom is 0.201 e. The molecule has 1 aromatic carbocycles. The highest BCUT2D eigenvalue weighted by molar-refractivity contribution is 5.57. The van der Waals surface area contributed by atoms with Gasteiger partial charge in [0.2, 0.25) is 5.82 Å². The zero-order chi connectivity index (χ0) is 25.1. The van der Waals surface area contributed by atoms with Crippen LogP contribution < -0.4 is 4.74 Å². The summed E-state index contributed by atoms with van der Waals surface area (Å²) >= 11 is 0. The van der Waals surface area contributed by atoms with Crippen molar-refractivity contribution in [1.29, 1.82) is 0 Å². The van der Waals surface area contributed by atoms with E-state index in [4.69, 9.17) is 4.74 Å². The Balaban J connectivity index is 1.72. The van der Waals surface area contributed by atoms with Crippen molar-refractivity contribution < 1.29 is 13.5 Å². The summed E-state index contributed by atoms with van der Waals surface area (Å²) in [6, 6.07) is 2.99. The Labute approximate surface area is 212 Å². The summed E-state index contributed by atoms with van der Waals surface area (Å²) in [6.45, 7) is 4.85. The van der Waals surface area contributed by atoms with Crippen molar-refractivity contribution in [3.05, 3.63) is 41.7 Å². The van der Waals surface area contributed by atoms with Gasteiger partial charge in [-0.3, -0.25) is 0 Å². The molecule has 0 N–H and O–H groups in total. The molecule has 2 aromatic rings. The van der Waals surface area contributed by atoms with Crippen molar-refractivity contribution in [3.63, 3.8) is 0 Å². The highest BCUT2D eigenvalue weighted by Crippen LogP contribution is 2.28. The molecular formula is C30H46F2N2O. The Morgan fingerprint density at radius 1 is 0.629 bits per heavy atom. The molecule has 0 radical (unpaired) electrons. The van der Waals surface area contributed by atoms with E-state index in [1.54, 1.807) is 12.4 Å². The van der Waals surface area contributed by atoms with Gasteiger partial charge in [-0.25, -0.2) is 14.4 Å². The summed E-state index contributed by atoms with van der Waals surface area (Å²) in [6.07, 6.45) is 24.0. The van der Waals surface area contributed by atoms with Crippen LogP contribution in [0.1, 0.15) is 122 Å². The lowest BCUT2D eigenvalue weighted by molar-refractivity contribution is 0.285. The SMILES string of the molecule is CCCCCCCCCCOc1ccc(-c2ncc(CCCCCCCCCC)cn2)c(F)c1F. The van der Waals surface area contributed by atoms with Crippen molar-refractivity contribution in [2.45, 2.75) is 123 Å². The standard InChI is InChI=1S/C30H46F2N2O/c1-3-5-7-9-11-13-15-17-19-25-23-33-30(34-24-25)26-20-21-27(29(32)28(26)31)35-22-18-16-14-12-10-8-6-4-2/h20-21,23-24H,3-19,22H2,1-2H3. The van der Waals surface area contributed by atoms with Gasteiger partial charge in [-0.1, -0.05) is 104 Å². The summed E-state index contributed by atoms with van der Waals surface area (Å²) in [5.41, 5.74) is 1.10. The molecule has 3 nitrogen and oxygen atoms in total. The zero-order valence-electron chi connectivity index (χ0n) is 22.1. The average Bonchev–Trinajstić information content (AvgIpc) is 2.87. The van der Waals surface area contributed by atoms with Crippen molar-refractivity contribution >= 4 is 0 Å². The molecule has 1 heterocycles. The number of nitrogens with zero attached hydrogens (tertiary/aromatic N) is 2. The number of benzene rings is 1. The number of aromatic nitrogens is 2. The predicted molar refractivity (Wildman–Crippen MR) is 142 cm³/mol. The molecular weight excluding hydrogens is 442 g/mol. The second-order valence-corrected chi connectivity index (χ2v) is 9.70. The quantitative estimate of drug-likeness (QED) is 0.174. The lowest BCUT2D eigenvalue weighted by Crippen LogP contribution is -2.03. The minimum Gasteiger partial charge on any atom is -0.490 e. The lowest BCUT2D eigenvalue weighted by atomic mass is 10.1. The fourth-order valence-corrected chi connectivity index (χ4v) is 4.32. The van der Waals surface area contributed by atoms with Crippen LogP contribution in [0, 0.1) is 11.6 Å². The number of rotatable bonds is 20. The average molecular weight is 489 g/mol. The summed E-state index contributed by atoms with van der Waals surface area (Å²) in [5, 5.41) is 0. The van der Waals surface area contributed by atoms with E-state index in [1.165, 1.54) is 89.2 Å². The van der Waals surface area contributed by atoms with E-state index >= 15 is 0 Å². The fourth-order valence-electron chi connectivity index (χ4n) is 4.32. The normalized spacial score (nSPS) is 11.2. The highest BCUT2D eigenvalue weighted by Gasteiger charge is 2.17. The van der Waals surface area contributed by atoms with Crippen molar-refractivity contribution in [1.82, 2.24) is 9.97 Å². The zero-order valence-corrected chi connectivity index (χ0v) is 22.1. The van der Waals surface area contributed by atoms with Gasteiger partial charge in [-0.05, 0) is 37.0 Å². The van der Waals surface area contributed by atoms with Gasteiger partial charge in [-0.2, -0.15) is 4.39 Å². The Morgan fingerprint density at radius 2 is 1.14 bits per heavy atom. The number of unbranched alkanes of at least 4 members (excludes halogenated alkanes) is 14. The van der Waals surface area contributed by atoms with E-state index in [9.17, 15) is 8.78 Å². The summed E-state index contributed by atoms with van der Waals surface area (Å²) in [4.78, 5) is 8.59. The van der Waals surface area contributed by atoms with Crippen LogP contribution in [-0.2, 0) is 6.42 Å². The van der Waals surface area contributed by atoms with Crippen LogP contribution in [0.2, 0.25) is 0 Å². The Morgan fingerprint density at radius 3 is 1.71 bits per heavy atom. The molecule has 0 spiro atoms. The van der Waals surface area contributed by atoms with Crippen LogP contribution in [0.5, 0.6) is 5.75 Å². The second-order valence-electron chi connectivity index (χ2n) is 9.70. The molecule has 0 saturated carbocycles. The Hall–Kier alpha value is -2.04. The Kier molecular flexibility index (Phi) is 15.2. The molecule has 0 aliphatic heterocycles. The van der Waals surface area contributed by atoms with Crippen molar-refractivity contribution in [2.24, 2.45) is 0 Å². The van der Waals surface area contributed by atoms with Crippen LogP contribution in [0.25, 0.3) is 11.4 Å². The molecule has 0 atom stereocenters. The van der Waals surface area contributed by atoms with E-state index in [0.717, 1.165) is 37.7 Å². The molecule has 0 fully saturated rings. The van der Waals surface area contributed by atoms with Gasteiger partial charge in [0.05, 0.1) is 12.2 Å². The first kappa shape index (κ1) is 29.2. The summed E-state index contributed by atoms with van der Waals surface area (Å²) < 4.78 is 34.8.